The van der Waals surface area contributed by atoms with E-state index in [0.717, 1.165) is 12.0 Å². The van der Waals surface area contributed by atoms with Crippen molar-refractivity contribution in [2.45, 2.75) is 46.6 Å². The summed E-state index contributed by atoms with van der Waals surface area (Å²) in [5, 5.41) is 0. The van der Waals surface area contributed by atoms with Crippen LogP contribution in [0, 0.1) is 40.9 Å². The molecule has 1 nitrogen and oxygen atoms in total. The van der Waals surface area contributed by atoms with Gasteiger partial charge in [0.05, 0.1) is 0 Å². The third kappa shape index (κ3) is 4.79. The van der Waals surface area contributed by atoms with Gasteiger partial charge in [-0.25, -0.2) is 13.2 Å². The van der Waals surface area contributed by atoms with E-state index in [1.165, 1.54) is 0 Å². The highest BCUT2D eigenvalue weighted by atomic mass is 19.2. The van der Waals surface area contributed by atoms with Crippen LogP contribution < -0.4 is 4.74 Å². The zero-order valence-corrected chi connectivity index (χ0v) is 15.8. The quantitative estimate of drug-likeness (QED) is 0.291. The molecule has 0 saturated heterocycles. The molecule has 27 heavy (non-hydrogen) atoms. The third-order valence-electron chi connectivity index (χ3n) is 4.49. The Kier molecular flexibility index (Phi) is 6.84. The van der Waals surface area contributed by atoms with Gasteiger partial charge >= 0.3 is 0 Å². The predicted octanol–water partition coefficient (Wildman–Crippen LogP) is 6.75. The van der Waals surface area contributed by atoms with Crippen LogP contribution >= 0.6 is 0 Å². The highest BCUT2D eigenvalue weighted by Gasteiger charge is 2.27. The zero-order chi connectivity index (χ0) is 20.3. The number of rotatable bonds is 7. The van der Waals surface area contributed by atoms with Crippen LogP contribution in [0.1, 0.15) is 51.2 Å². The topological polar surface area (TPSA) is 9.23 Å². The predicted molar refractivity (Wildman–Crippen MR) is 94.0 cm³/mol. The molecular formula is C21H23F5O. The molecule has 0 N–H and O–H groups in total. The highest BCUT2D eigenvalue weighted by molar-refractivity contribution is 5.31. The minimum Gasteiger partial charge on any atom is -0.483 e. The summed E-state index contributed by atoms with van der Waals surface area (Å²) in [4.78, 5) is 0. The van der Waals surface area contributed by atoms with E-state index in [4.69, 9.17) is 4.74 Å². The highest BCUT2D eigenvalue weighted by Crippen LogP contribution is 2.32. The Hall–Kier alpha value is -2.11. The lowest BCUT2D eigenvalue weighted by Crippen LogP contribution is -2.10. The molecule has 0 fully saturated rings. The van der Waals surface area contributed by atoms with Crippen molar-refractivity contribution in [3.05, 3.63) is 64.5 Å². The fourth-order valence-corrected chi connectivity index (χ4v) is 3.03. The SMILES string of the molecule is CC(C)CC(c1ccc(COc2c(F)c(F)c(F)c(F)c2F)cc1)C(C)C. The van der Waals surface area contributed by atoms with Gasteiger partial charge in [-0.2, -0.15) is 8.78 Å². The van der Waals surface area contributed by atoms with Crippen molar-refractivity contribution in [3.63, 3.8) is 0 Å². The van der Waals surface area contributed by atoms with Crippen LogP contribution in [0.15, 0.2) is 24.3 Å². The van der Waals surface area contributed by atoms with Gasteiger partial charge in [0.15, 0.2) is 5.75 Å². The average molecular weight is 386 g/mol. The van der Waals surface area contributed by atoms with E-state index in [1.807, 2.05) is 12.1 Å². The van der Waals surface area contributed by atoms with E-state index in [0.29, 0.717) is 23.3 Å². The van der Waals surface area contributed by atoms with Crippen LogP contribution in [0.2, 0.25) is 0 Å². The molecule has 2 aromatic carbocycles. The first kappa shape index (κ1) is 21.2. The Balaban J connectivity index is 2.17. The molecular weight excluding hydrogens is 363 g/mol. The van der Waals surface area contributed by atoms with Gasteiger partial charge in [0.25, 0.3) is 0 Å². The number of hydrogen-bond donors (Lipinski definition) is 0. The summed E-state index contributed by atoms with van der Waals surface area (Å²) in [6.45, 7) is 8.29. The molecule has 0 aliphatic carbocycles. The third-order valence-corrected chi connectivity index (χ3v) is 4.49. The number of halogens is 5. The van der Waals surface area contributed by atoms with Crippen molar-refractivity contribution < 1.29 is 26.7 Å². The largest absolute Gasteiger partial charge is 0.483 e. The minimum absolute atomic E-state index is 0.310. The lowest BCUT2D eigenvalue weighted by atomic mass is 9.82. The molecule has 0 spiro atoms. The van der Waals surface area contributed by atoms with Crippen molar-refractivity contribution in [2.24, 2.45) is 11.8 Å². The summed E-state index contributed by atoms with van der Waals surface area (Å²) in [6, 6.07) is 7.28. The average Bonchev–Trinajstić information content (AvgIpc) is 2.63. The Bertz CT molecular complexity index is 755. The molecule has 0 aliphatic heterocycles. The first-order valence-electron chi connectivity index (χ1n) is 8.86. The van der Waals surface area contributed by atoms with Crippen LogP contribution in [0.4, 0.5) is 22.0 Å². The lowest BCUT2D eigenvalue weighted by Gasteiger charge is -2.23. The molecule has 0 bridgehead atoms. The molecule has 1 unspecified atom stereocenters. The Morgan fingerprint density at radius 2 is 1.22 bits per heavy atom. The molecule has 0 saturated carbocycles. The molecule has 148 valence electrons. The van der Waals surface area contributed by atoms with Gasteiger partial charge in [0.1, 0.15) is 6.61 Å². The second kappa shape index (κ2) is 8.72. The maximum absolute atomic E-state index is 13.6. The molecule has 2 aromatic rings. The summed E-state index contributed by atoms with van der Waals surface area (Å²) in [7, 11) is 0. The minimum atomic E-state index is -2.20. The first-order valence-corrected chi connectivity index (χ1v) is 8.86. The van der Waals surface area contributed by atoms with E-state index in [2.05, 4.69) is 27.7 Å². The van der Waals surface area contributed by atoms with Crippen LogP contribution in [-0.2, 0) is 6.61 Å². The zero-order valence-electron chi connectivity index (χ0n) is 15.8. The number of benzene rings is 2. The van der Waals surface area contributed by atoms with Crippen molar-refractivity contribution in [1.82, 2.24) is 0 Å². The van der Waals surface area contributed by atoms with Gasteiger partial charge < -0.3 is 4.74 Å². The number of hydrogen-bond acceptors (Lipinski definition) is 1. The summed E-state index contributed by atoms with van der Waals surface area (Å²) in [5.74, 6) is -10.1. The van der Waals surface area contributed by atoms with E-state index < -0.39 is 34.8 Å². The molecule has 0 heterocycles. The van der Waals surface area contributed by atoms with E-state index >= 15 is 0 Å². The van der Waals surface area contributed by atoms with Crippen molar-refractivity contribution in [1.29, 1.82) is 0 Å². The van der Waals surface area contributed by atoms with E-state index in [1.54, 1.807) is 12.1 Å². The van der Waals surface area contributed by atoms with E-state index in [-0.39, 0.29) is 6.61 Å². The summed E-state index contributed by atoms with van der Waals surface area (Å²) in [5.41, 5.74) is 1.70. The van der Waals surface area contributed by atoms with Crippen LogP contribution in [0.3, 0.4) is 0 Å². The molecule has 1 atom stereocenters. The van der Waals surface area contributed by atoms with Gasteiger partial charge in [-0.05, 0) is 35.3 Å². The maximum Gasteiger partial charge on any atom is 0.207 e. The molecule has 0 aliphatic rings. The van der Waals surface area contributed by atoms with Gasteiger partial charge in [-0.15, -0.1) is 0 Å². The van der Waals surface area contributed by atoms with Gasteiger partial charge in [-0.3, -0.25) is 0 Å². The van der Waals surface area contributed by atoms with Crippen molar-refractivity contribution in [2.75, 3.05) is 0 Å². The molecule has 0 aromatic heterocycles. The molecule has 0 radical (unpaired) electrons. The summed E-state index contributed by atoms with van der Waals surface area (Å²) in [6.07, 6.45) is 1.03. The monoisotopic (exact) mass is 386 g/mol. The van der Waals surface area contributed by atoms with Gasteiger partial charge in [0.2, 0.25) is 29.1 Å². The first-order chi connectivity index (χ1) is 12.6. The fourth-order valence-electron chi connectivity index (χ4n) is 3.03. The molecule has 6 heteroatoms. The second-order valence-electron chi connectivity index (χ2n) is 7.41. The maximum atomic E-state index is 13.6. The van der Waals surface area contributed by atoms with E-state index in [9.17, 15) is 22.0 Å². The fraction of sp³-hybridized carbons (Fsp3) is 0.429. The summed E-state index contributed by atoms with van der Waals surface area (Å²) < 4.78 is 71.6. The van der Waals surface area contributed by atoms with Crippen molar-refractivity contribution >= 4 is 0 Å². The Labute approximate surface area is 156 Å². The molecule has 0 amide bonds. The lowest BCUT2D eigenvalue weighted by molar-refractivity contribution is 0.253. The van der Waals surface area contributed by atoms with Crippen LogP contribution in [-0.4, -0.2) is 0 Å². The van der Waals surface area contributed by atoms with Crippen LogP contribution in [0.25, 0.3) is 0 Å². The molecule has 2 rings (SSSR count). The summed E-state index contributed by atoms with van der Waals surface area (Å²) >= 11 is 0. The smallest absolute Gasteiger partial charge is 0.207 e. The van der Waals surface area contributed by atoms with Gasteiger partial charge in [-0.1, -0.05) is 52.0 Å². The van der Waals surface area contributed by atoms with Gasteiger partial charge in [0, 0.05) is 0 Å². The normalized spacial score (nSPS) is 12.7. The van der Waals surface area contributed by atoms with Crippen LogP contribution in [0.5, 0.6) is 5.75 Å². The number of ether oxygens (including phenoxy) is 1. The Morgan fingerprint density at radius 3 is 1.67 bits per heavy atom. The Morgan fingerprint density at radius 1 is 0.741 bits per heavy atom. The standard InChI is InChI=1S/C21H23F5O/c1-11(2)9-15(12(3)4)14-7-5-13(6-8-14)10-27-21-19(25)17(23)16(22)18(24)20(21)26/h5-8,11-12,15H,9-10H2,1-4H3. The second-order valence-corrected chi connectivity index (χ2v) is 7.41. The van der Waals surface area contributed by atoms with Crippen molar-refractivity contribution in [3.8, 4) is 5.75 Å².